The minimum Gasteiger partial charge on any atom is -0.289 e. The number of carbonyl (C=O) groups is 1. The third-order valence-electron chi connectivity index (χ3n) is 6.34. The number of hydrogen-bond acceptors (Lipinski definition) is 1. The van der Waals surface area contributed by atoms with Crippen LogP contribution in [0.1, 0.15) is 53.1 Å². The van der Waals surface area contributed by atoms with Crippen LogP contribution in [0.15, 0.2) is 48.5 Å². The van der Waals surface area contributed by atoms with Crippen LogP contribution in [-0.2, 0) is 0 Å². The van der Waals surface area contributed by atoms with E-state index in [1.807, 2.05) is 30.3 Å². The number of ketones is 1. The summed E-state index contributed by atoms with van der Waals surface area (Å²) < 4.78 is 0. The van der Waals surface area contributed by atoms with Crippen LogP contribution in [0.5, 0.6) is 0 Å². The van der Waals surface area contributed by atoms with Crippen molar-refractivity contribution in [3.63, 3.8) is 0 Å². The first-order valence-electron chi connectivity index (χ1n) is 9.67. The van der Waals surface area contributed by atoms with Gasteiger partial charge in [0.15, 0.2) is 5.78 Å². The average molecular weight is 349 g/mol. The van der Waals surface area contributed by atoms with Crippen molar-refractivity contribution in [1.29, 1.82) is 0 Å². The molecule has 0 aromatic heterocycles. The normalized spacial score (nSPS) is 25.3. The Morgan fingerprint density at radius 2 is 1.72 bits per heavy atom. The molecule has 2 aromatic rings. The second-order valence-corrected chi connectivity index (χ2v) is 14.1. The molecule has 0 saturated heterocycles. The van der Waals surface area contributed by atoms with Crippen LogP contribution in [0, 0.1) is 11.8 Å². The first-order chi connectivity index (χ1) is 11.9. The Morgan fingerprint density at radius 1 is 0.960 bits per heavy atom. The quantitative estimate of drug-likeness (QED) is 0.536. The van der Waals surface area contributed by atoms with Crippen molar-refractivity contribution < 1.29 is 4.79 Å². The molecule has 0 spiro atoms. The van der Waals surface area contributed by atoms with Gasteiger partial charge in [-0.05, 0) is 42.6 Å². The van der Waals surface area contributed by atoms with Gasteiger partial charge in [-0.25, -0.2) is 0 Å². The second kappa shape index (κ2) is 6.24. The first kappa shape index (κ1) is 16.8. The summed E-state index contributed by atoms with van der Waals surface area (Å²) in [5, 5.41) is 1.39. The van der Waals surface area contributed by atoms with Crippen LogP contribution in [0.2, 0.25) is 19.6 Å². The van der Waals surface area contributed by atoms with Crippen LogP contribution >= 0.6 is 0 Å². The molecular weight excluding hydrogens is 320 g/mol. The predicted molar refractivity (Wildman–Crippen MR) is 107 cm³/mol. The fourth-order valence-electron chi connectivity index (χ4n) is 4.91. The summed E-state index contributed by atoms with van der Waals surface area (Å²) in [5.41, 5.74) is 3.12. The molecule has 0 amide bonds. The molecule has 3 atom stereocenters. The molecule has 2 bridgehead atoms. The van der Waals surface area contributed by atoms with E-state index in [2.05, 4.69) is 37.8 Å². The summed E-state index contributed by atoms with van der Waals surface area (Å²) in [6.45, 7) is 7.07. The van der Waals surface area contributed by atoms with Gasteiger partial charge in [-0.2, -0.15) is 0 Å². The number of rotatable bonds is 4. The smallest absolute Gasteiger partial charge is 0.193 e. The lowest BCUT2D eigenvalue weighted by Gasteiger charge is -2.26. The van der Waals surface area contributed by atoms with E-state index in [9.17, 15) is 4.79 Å². The Hall–Kier alpha value is -1.67. The van der Waals surface area contributed by atoms with E-state index in [-0.39, 0.29) is 5.78 Å². The Balaban J connectivity index is 1.79. The lowest BCUT2D eigenvalue weighted by atomic mass is 9.80. The van der Waals surface area contributed by atoms with Crippen LogP contribution in [0.4, 0.5) is 0 Å². The number of carbonyl (C=O) groups excluding carboxylic acids is 1. The highest BCUT2D eigenvalue weighted by Gasteiger charge is 2.41. The number of fused-ring (bicyclic) bond motifs is 2. The zero-order valence-corrected chi connectivity index (χ0v) is 16.6. The maximum absolute atomic E-state index is 13.3. The summed E-state index contributed by atoms with van der Waals surface area (Å²) in [6, 6.07) is 16.7. The van der Waals surface area contributed by atoms with Gasteiger partial charge in [0.25, 0.3) is 0 Å². The number of hydrogen-bond donors (Lipinski definition) is 0. The third-order valence-corrected chi connectivity index (χ3v) is 8.38. The molecule has 0 aliphatic heterocycles. The van der Waals surface area contributed by atoms with Gasteiger partial charge in [-0.3, -0.25) is 4.79 Å². The van der Waals surface area contributed by atoms with Crippen molar-refractivity contribution in [3.05, 3.63) is 65.2 Å². The van der Waals surface area contributed by atoms with Crippen LogP contribution in [0.3, 0.4) is 0 Å². The van der Waals surface area contributed by atoms with Crippen LogP contribution in [0.25, 0.3) is 0 Å². The Labute approximate surface area is 152 Å². The molecular formula is C23H28OSi. The highest BCUT2D eigenvalue weighted by atomic mass is 28.3. The molecule has 4 rings (SSSR count). The molecule has 2 aliphatic rings. The van der Waals surface area contributed by atoms with Crippen LogP contribution < -0.4 is 5.19 Å². The van der Waals surface area contributed by atoms with Gasteiger partial charge in [-0.1, -0.05) is 79.8 Å². The van der Waals surface area contributed by atoms with Gasteiger partial charge in [-0.15, -0.1) is 0 Å². The van der Waals surface area contributed by atoms with Crippen molar-refractivity contribution in [3.8, 4) is 0 Å². The SMILES string of the molecule is C[Si](C)(C)c1ccc([C@@H]2C[C@H]3CC[C@@H]2C3)c(C(=O)c2ccccc2)c1. The maximum atomic E-state index is 13.3. The molecule has 2 aliphatic carbocycles. The minimum absolute atomic E-state index is 0.207. The summed E-state index contributed by atoms with van der Waals surface area (Å²) in [7, 11) is -1.44. The minimum atomic E-state index is -1.44. The van der Waals surface area contributed by atoms with Gasteiger partial charge in [0.1, 0.15) is 0 Å². The monoisotopic (exact) mass is 348 g/mol. The average Bonchev–Trinajstić information content (AvgIpc) is 3.24. The van der Waals surface area contributed by atoms with E-state index in [0.717, 1.165) is 23.0 Å². The fourth-order valence-corrected chi connectivity index (χ4v) is 6.07. The molecule has 0 radical (unpaired) electrons. The lowest BCUT2D eigenvalue weighted by molar-refractivity contribution is 0.103. The van der Waals surface area contributed by atoms with E-state index < -0.39 is 8.07 Å². The topological polar surface area (TPSA) is 17.1 Å². The summed E-state index contributed by atoms with van der Waals surface area (Å²) in [6.07, 6.45) is 5.41. The molecule has 0 N–H and O–H groups in total. The lowest BCUT2D eigenvalue weighted by Crippen LogP contribution is -2.38. The molecule has 2 fully saturated rings. The van der Waals surface area contributed by atoms with Gasteiger partial charge >= 0.3 is 0 Å². The standard InChI is InChI=1S/C23H28OSi/c1-25(2,3)19-11-12-20(21-14-16-9-10-18(21)13-16)22(15-19)23(24)17-7-5-4-6-8-17/h4-8,11-12,15-16,18,21H,9-10,13-14H2,1-3H3/t16-,18+,21+/m0/s1. The number of benzene rings is 2. The highest BCUT2D eigenvalue weighted by molar-refractivity contribution is 6.88. The third kappa shape index (κ3) is 3.13. The van der Waals surface area contributed by atoms with Gasteiger partial charge in [0, 0.05) is 11.1 Å². The molecule has 0 unspecified atom stereocenters. The maximum Gasteiger partial charge on any atom is 0.193 e. The molecule has 2 aromatic carbocycles. The first-order valence-corrected chi connectivity index (χ1v) is 13.2. The summed E-state index contributed by atoms with van der Waals surface area (Å²) in [5.74, 6) is 2.49. The largest absolute Gasteiger partial charge is 0.289 e. The van der Waals surface area contributed by atoms with Gasteiger partial charge in [0.05, 0.1) is 8.07 Å². The molecule has 0 heterocycles. The van der Waals surface area contributed by atoms with Crippen molar-refractivity contribution >= 4 is 19.0 Å². The van der Waals surface area contributed by atoms with E-state index in [1.165, 1.54) is 36.4 Å². The predicted octanol–water partition coefficient (Wildman–Crippen LogP) is 5.37. The Bertz CT molecular complexity index is 787. The zero-order valence-electron chi connectivity index (χ0n) is 15.6. The second-order valence-electron chi connectivity index (χ2n) is 9.03. The summed E-state index contributed by atoms with van der Waals surface area (Å²) in [4.78, 5) is 13.3. The zero-order chi connectivity index (χ0) is 17.6. The summed E-state index contributed by atoms with van der Waals surface area (Å²) >= 11 is 0. The van der Waals surface area contributed by atoms with Crippen molar-refractivity contribution in [2.45, 2.75) is 51.2 Å². The van der Waals surface area contributed by atoms with E-state index in [4.69, 9.17) is 0 Å². The fraction of sp³-hybridized carbons (Fsp3) is 0.435. The van der Waals surface area contributed by atoms with Crippen LogP contribution in [-0.4, -0.2) is 13.9 Å². The molecule has 1 nitrogen and oxygen atoms in total. The van der Waals surface area contributed by atoms with Crippen molar-refractivity contribution in [2.75, 3.05) is 0 Å². The van der Waals surface area contributed by atoms with E-state index >= 15 is 0 Å². The van der Waals surface area contributed by atoms with Gasteiger partial charge < -0.3 is 0 Å². The highest BCUT2D eigenvalue weighted by Crippen LogP contribution is 2.53. The molecule has 2 heteroatoms. The Morgan fingerprint density at radius 3 is 2.32 bits per heavy atom. The molecule has 2 saturated carbocycles. The molecule has 130 valence electrons. The molecule has 25 heavy (non-hydrogen) atoms. The van der Waals surface area contributed by atoms with Gasteiger partial charge in [0.2, 0.25) is 0 Å². The van der Waals surface area contributed by atoms with Crippen molar-refractivity contribution in [2.24, 2.45) is 11.8 Å². The Kier molecular flexibility index (Phi) is 4.19. The van der Waals surface area contributed by atoms with E-state index in [0.29, 0.717) is 5.92 Å². The van der Waals surface area contributed by atoms with Crippen molar-refractivity contribution in [1.82, 2.24) is 0 Å². The van der Waals surface area contributed by atoms with E-state index in [1.54, 1.807) is 0 Å².